The summed E-state index contributed by atoms with van der Waals surface area (Å²) in [7, 11) is 1.48. The number of nitro benzene ring substituents is 1. The Bertz CT molecular complexity index is 1060. The molecule has 2 amide bonds. The summed E-state index contributed by atoms with van der Waals surface area (Å²) >= 11 is 0. The highest BCUT2D eigenvalue weighted by atomic mass is 16.6. The number of likely N-dealkylation sites (tertiary alicyclic amines) is 1. The number of nitrogens with zero attached hydrogens (tertiary/aromatic N) is 3. The number of nitro groups is 1. The van der Waals surface area contributed by atoms with Crippen LogP contribution in [0.1, 0.15) is 34.3 Å². The molecule has 4 rings (SSSR count). The van der Waals surface area contributed by atoms with Gasteiger partial charge in [-0.2, -0.15) is 0 Å². The summed E-state index contributed by atoms with van der Waals surface area (Å²) in [6.45, 7) is 3.45. The number of carbonyl (C=O) groups is 2. The number of hydrogen-bond acceptors (Lipinski definition) is 6. The number of rotatable bonds is 5. The third-order valence-corrected chi connectivity index (χ3v) is 6.10. The van der Waals surface area contributed by atoms with Crippen molar-refractivity contribution in [2.75, 3.05) is 26.7 Å². The molecule has 2 saturated heterocycles. The first-order chi connectivity index (χ1) is 15.3. The van der Waals surface area contributed by atoms with Crippen molar-refractivity contribution in [3.05, 3.63) is 69.3 Å². The highest BCUT2D eigenvalue weighted by Crippen LogP contribution is 2.35. The van der Waals surface area contributed by atoms with Crippen molar-refractivity contribution in [3.8, 4) is 5.75 Å². The van der Waals surface area contributed by atoms with Gasteiger partial charge in [0.2, 0.25) is 0 Å². The average Bonchev–Trinajstić information content (AvgIpc) is 3.08. The van der Waals surface area contributed by atoms with E-state index in [1.165, 1.54) is 25.3 Å². The molecule has 0 N–H and O–H groups in total. The molecule has 2 aliphatic rings. The summed E-state index contributed by atoms with van der Waals surface area (Å²) in [5.74, 6) is 0.453. The Morgan fingerprint density at radius 2 is 1.97 bits per heavy atom. The number of carbonyl (C=O) groups excluding carboxylic acids is 2. The van der Waals surface area contributed by atoms with Gasteiger partial charge in [0.25, 0.3) is 11.6 Å². The molecule has 2 aromatic carbocycles. The van der Waals surface area contributed by atoms with Gasteiger partial charge in [-0.25, -0.2) is 4.79 Å². The quantitative estimate of drug-likeness (QED) is 0.522. The van der Waals surface area contributed by atoms with E-state index in [0.29, 0.717) is 49.4 Å². The van der Waals surface area contributed by atoms with E-state index in [1.54, 1.807) is 9.80 Å². The second-order valence-electron chi connectivity index (χ2n) is 8.32. The lowest BCUT2D eigenvalue weighted by Crippen LogP contribution is -2.48. The summed E-state index contributed by atoms with van der Waals surface area (Å²) < 4.78 is 11.1. The molecule has 2 aliphatic heterocycles. The summed E-state index contributed by atoms with van der Waals surface area (Å²) in [6.07, 6.45) is 0.620. The summed E-state index contributed by atoms with van der Waals surface area (Å²) in [6, 6.07) is 11.8. The molecular weight excluding hydrogens is 414 g/mol. The standard InChI is InChI=1S/C23H25N3O6/c1-16-4-3-5-17(12-16)21(27)24-10-8-23(9-11-24)15-25(22(28)32-23)14-18-13-19(26(29)30)6-7-20(18)31-2/h3-7,12-13H,8-11,14-15H2,1-2H3. The first-order valence-electron chi connectivity index (χ1n) is 10.5. The van der Waals surface area contributed by atoms with Crippen LogP contribution in [0.25, 0.3) is 0 Å². The maximum Gasteiger partial charge on any atom is 0.410 e. The first kappa shape index (κ1) is 21.6. The lowest BCUT2D eigenvalue weighted by Gasteiger charge is -2.37. The molecule has 0 saturated carbocycles. The SMILES string of the molecule is COc1ccc([N+](=O)[O-])cc1CN1CC2(CCN(C(=O)c3cccc(C)c3)CC2)OC1=O. The molecule has 9 nitrogen and oxygen atoms in total. The predicted molar refractivity (Wildman–Crippen MR) is 116 cm³/mol. The largest absolute Gasteiger partial charge is 0.496 e. The molecule has 9 heteroatoms. The zero-order valence-electron chi connectivity index (χ0n) is 18.1. The van der Waals surface area contributed by atoms with E-state index in [0.717, 1.165) is 5.56 Å². The number of methoxy groups -OCH3 is 1. The predicted octanol–water partition coefficient (Wildman–Crippen LogP) is 3.54. The average molecular weight is 439 g/mol. The summed E-state index contributed by atoms with van der Waals surface area (Å²) in [5, 5.41) is 11.1. The molecule has 0 bridgehead atoms. The van der Waals surface area contributed by atoms with Crippen molar-refractivity contribution in [1.29, 1.82) is 0 Å². The van der Waals surface area contributed by atoms with Gasteiger partial charge in [-0.3, -0.25) is 19.8 Å². The van der Waals surface area contributed by atoms with E-state index in [9.17, 15) is 19.7 Å². The van der Waals surface area contributed by atoms with Crippen molar-refractivity contribution in [1.82, 2.24) is 9.80 Å². The summed E-state index contributed by atoms with van der Waals surface area (Å²) in [4.78, 5) is 39.4. The highest BCUT2D eigenvalue weighted by molar-refractivity contribution is 5.94. The lowest BCUT2D eigenvalue weighted by atomic mass is 9.91. The van der Waals surface area contributed by atoms with E-state index >= 15 is 0 Å². The van der Waals surface area contributed by atoms with E-state index in [4.69, 9.17) is 9.47 Å². The van der Waals surface area contributed by atoms with Crippen LogP contribution in [0.4, 0.5) is 10.5 Å². The molecule has 0 radical (unpaired) electrons. The normalized spacial score (nSPS) is 17.4. The Labute approximate surface area is 185 Å². The van der Waals surface area contributed by atoms with Crippen LogP contribution in [0, 0.1) is 17.0 Å². The van der Waals surface area contributed by atoms with Crippen molar-refractivity contribution in [2.24, 2.45) is 0 Å². The van der Waals surface area contributed by atoms with Gasteiger partial charge in [0.05, 0.1) is 25.1 Å². The molecule has 0 unspecified atom stereocenters. The fraction of sp³-hybridized carbons (Fsp3) is 0.391. The lowest BCUT2D eigenvalue weighted by molar-refractivity contribution is -0.384. The molecule has 0 aromatic heterocycles. The molecule has 2 fully saturated rings. The van der Waals surface area contributed by atoms with Crippen LogP contribution >= 0.6 is 0 Å². The zero-order chi connectivity index (χ0) is 22.9. The van der Waals surface area contributed by atoms with Gasteiger partial charge in [-0.05, 0) is 25.1 Å². The van der Waals surface area contributed by atoms with Crippen LogP contribution in [0.15, 0.2) is 42.5 Å². The number of aryl methyl sites for hydroxylation is 1. The minimum atomic E-state index is -0.658. The highest BCUT2D eigenvalue weighted by Gasteiger charge is 2.47. The van der Waals surface area contributed by atoms with Gasteiger partial charge in [0, 0.05) is 49.2 Å². The van der Waals surface area contributed by atoms with Gasteiger partial charge >= 0.3 is 6.09 Å². The molecule has 32 heavy (non-hydrogen) atoms. The Morgan fingerprint density at radius 1 is 1.22 bits per heavy atom. The van der Waals surface area contributed by atoms with Gasteiger partial charge in [0.15, 0.2) is 0 Å². The van der Waals surface area contributed by atoms with Crippen LogP contribution < -0.4 is 4.74 Å². The Kier molecular flexibility index (Phi) is 5.73. The Balaban J connectivity index is 1.43. The first-order valence-corrected chi connectivity index (χ1v) is 10.5. The molecule has 2 aromatic rings. The van der Waals surface area contributed by atoms with E-state index < -0.39 is 16.6 Å². The molecular formula is C23H25N3O6. The van der Waals surface area contributed by atoms with Gasteiger partial charge in [-0.15, -0.1) is 0 Å². The van der Waals surface area contributed by atoms with Crippen LogP contribution in [0.5, 0.6) is 5.75 Å². The number of non-ortho nitro benzene ring substituents is 1. The van der Waals surface area contributed by atoms with Crippen LogP contribution in [-0.2, 0) is 11.3 Å². The third kappa shape index (κ3) is 4.23. The fourth-order valence-electron chi connectivity index (χ4n) is 4.36. The molecule has 0 atom stereocenters. The maximum atomic E-state index is 12.8. The monoisotopic (exact) mass is 439 g/mol. The minimum absolute atomic E-state index is 0.0222. The topological polar surface area (TPSA) is 102 Å². The maximum absolute atomic E-state index is 12.8. The third-order valence-electron chi connectivity index (χ3n) is 6.10. The summed E-state index contributed by atoms with van der Waals surface area (Å²) in [5.41, 5.74) is 1.51. The van der Waals surface area contributed by atoms with Crippen molar-refractivity contribution < 1.29 is 24.0 Å². The second-order valence-corrected chi connectivity index (χ2v) is 8.32. The van der Waals surface area contributed by atoms with Crippen LogP contribution in [-0.4, -0.2) is 59.1 Å². The van der Waals surface area contributed by atoms with Gasteiger partial charge in [-0.1, -0.05) is 17.7 Å². The van der Waals surface area contributed by atoms with E-state index in [1.807, 2.05) is 31.2 Å². The minimum Gasteiger partial charge on any atom is -0.496 e. The van der Waals surface area contributed by atoms with Crippen molar-refractivity contribution in [2.45, 2.75) is 31.9 Å². The zero-order valence-corrected chi connectivity index (χ0v) is 18.1. The Morgan fingerprint density at radius 3 is 2.62 bits per heavy atom. The van der Waals surface area contributed by atoms with Crippen molar-refractivity contribution in [3.63, 3.8) is 0 Å². The van der Waals surface area contributed by atoms with E-state index in [-0.39, 0.29) is 18.1 Å². The Hall–Kier alpha value is -3.62. The fourth-order valence-corrected chi connectivity index (χ4v) is 4.36. The van der Waals surface area contributed by atoms with Crippen LogP contribution in [0.2, 0.25) is 0 Å². The number of piperidine rings is 1. The number of hydrogen-bond donors (Lipinski definition) is 0. The second kappa shape index (κ2) is 8.49. The number of benzene rings is 2. The number of amides is 2. The molecule has 168 valence electrons. The molecule has 2 heterocycles. The smallest absolute Gasteiger partial charge is 0.410 e. The van der Waals surface area contributed by atoms with Gasteiger partial charge in [0.1, 0.15) is 11.4 Å². The van der Waals surface area contributed by atoms with Crippen molar-refractivity contribution >= 4 is 17.7 Å². The number of ether oxygens (including phenoxy) is 2. The van der Waals surface area contributed by atoms with Gasteiger partial charge < -0.3 is 14.4 Å². The molecule has 1 spiro atoms. The van der Waals surface area contributed by atoms with E-state index in [2.05, 4.69) is 0 Å². The van der Waals surface area contributed by atoms with Crippen LogP contribution in [0.3, 0.4) is 0 Å². The molecule has 0 aliphatic carbocycles.